The molecule has 4 nitrogen and oxygen atoms in total. The van der Waals surface area contributed by atoms with Crippen LogP contribution in [0.2, 0.25) is 0 Å². The summed E-state index contributed by atoms with van der Waals surface area (Å²) in [5, 5.41) is 11.5. The fourth-order valence-corrected chi connectivity index (χ4v) is 3.31. The molecule has 0 saturated heterocycles. The highest BCUT2D eigenvalue weighted by Crippen LogP contribution is 2.37. The lowest BCUT2D eigenvalue weighted by Crippen LogP contribution is -2.12. The third-order valence-electron chi connectivity index (χ3n) is 2.72. The molecule has 0 radical (unpaired) electrons. The zero-order valence-electron chi connectivity index (χ0n) is 8.81. The van der Waals surface area contributed by atoms with E-state index in [-0.39, 0.29) is 11.8 Å². The number of nitrogens with one attached hydrogen (secondary N) is 1. The molecular formula is C10H13N3OS2. The van der Waals surface area contributed by atoms with Gasteiger partial charge in [0.1, 0.15) is 0 Å². The van der Waals surface area contributed by atoms with Gasteiger partial charge in [-0.1, -0.05) is 23.1 Å². The molecular weight excluding hydrogens is 242 g/mol. The highest BCUT2D eigenvalue weighted by Gasteiger charge is 2.30. The Balaban J connectivity index is 1.51. The molecule has 86 valence electrons. The van der Waals surface area contributed by atoms with Gasteiger partial charge in [0.05, 0.1) is 0 Å². The maximum Gasteiger partial charge on any atom is 0.229 e. The van der Waals surface area contributed by atoms with E-state index in [1.165, 1.54) is 24.2 Å². The molecule has 1 heterocycles. The first kappa shape index (κ1) is 10.5. The van der Waals surface area contributed by atoms with Crippen molar-refractivity contribution in [3.63, 3.8) is 0 Å². The van der Waals surface area contributed by atoms with E-state index in [4.69, 9.17) is 0 Å². The molecule has 3 rings (SSSR count). The van der Waals surface area contributed by atoms with Gasteiger partial charge in [0.15, 0.2) is 4.34 Å². The fraction of sp³-hybridized carbons (Fsp3) is 0.700. The summed E-state index contributed by atoms with van der Waals surface area (Å²) in [4.78, 5) is 11.5. The summed E-state index contributed by atoms with van der Waals surface area (Å²) >= 11 is 3.24. The van der Waals surface area contributed by atoms with Crippen LogP contribution >= 0.6 is 23.1 Å². The van der Waals surface area contributed by atoms with Gasteiger partial charge in [0, 0.05) is 11.7 Å². The number of amides is 1. The molecule has 2 aliphatic rings. The van der Waals surface area contributed by atoms with Gasteiger partial charge in [-0.05, 0) is 31.6 Å². The van der Waals surface area contributed by atoms with Gasteiger partial charge in [-0.15, -0.1) is 10.2 Å². The highest BCUT2D eigenvalue weighted by molar-refractivity contribution is 8.01. The predicted molar refractivity (Wildman–Crippen MR) is 64.7 cm³/mol. The summed E-state index contributed by atoms with van der Waals surface area (Å²) in [6.45, 7) is 0. The summed E-state index contributed by atoms with van der Waals surface area (Å²) in [6.07, 6.45) is 4.76. The minimum Gasteiger partial charge on any atom is -0.300 e. The largest absolute Gasteiger partial charge is 0.300 e. The average Bonchev–Trinajstić information content (AvgIpc) is 3.16. The number of hydrogen-bond acceptors (Lipinski definition) is 5. The van der Waals surface area contributed by atoms with E-state index >= 15 is 0 Å². The van der Waals surface area contributed by atoms with Crippen LogP contribution in [0.1, 0.15) is 25.7 Å². The molecule has 0 spiro atoms. The Morgan fingerprint density at radius 2 is 2.19 bits per heavy atom. The van der Waals surface area contributed by atoms with Gasteiger partial charge in [-0.25, -0.2) is 0 Å². The normalized spacial score (nSPS) is 19.8. The topological polar surface area (TPSA) is 54.9 Å². The number of nitrogens with zero attached hydrogens (tertiary/aromatic N) is 2. The molecule has 2 saturated carbocycles. The van der Waals surface area contributed by atoms with Crippen LogP contribution in [0.3, 0.4) is 0 Å². The molecule has 0 aliphatic heterocycles. The number of hydrogen-bond donors (Lipinski definition) is 1. The van der Waals surface area contributed by atoms with Gasteiger partial charge in [-0.3, -0.25) is 4.79 Å². The van der Waals surface area contributed by atoms with Crippen LogP contribution in [0, 0.1) is 11.8 Å². The predicted octanol–water partition coefficient (Wildman–Crippen LogP) is 2.39. The van der Waals surface area contributed by atoms with E-state index < -0.39 is 0 Å². The molecule has 2 fully saturated rings. The SMILES string of the molecule is O=C(Nc1nnc(SCC2CC2)s1)C1CC1. The lowest BCUT2D eigenvalue weighted by Gasteiger charge is -1.96. The quantitative estimate of drug-likeness (QED) is 0.648. The lowest BCUT2D eigenvalue weighted by molar-refractivity contribution is -0.117. The zero-order valence-corrected chi connectivity index (χ0v) is 10.4. The van der Waals surface area contributed by atoms with Gasteiger partial charge < -0.3 is 5.32 Å². The number of carbonyl (C=O) groups excluding carboxylic acids is 1. The highest BCUT2D eigenvalue weighted by atomic mass is 32.2. The van der Waals surface area contributed by atoms with Crippen LogP contribution in [0.15, 0.2) is 4.34 Å². The van der Waals surface area contributed by atoms with Crippen molar-refractivity contribution >= 4 is 34.1 Å². The average molecular weight is 255 g/mol. The maximum atomic E-state index is 11.5. The third-order valence-corrected chi connectivity index (χ3v) is 4.93. The van der Waals surface area contributed by atoms with Gasteiger partial charge >= 0.3 is 0 Å². The minimum absolute atomic E-state index is 0.106. The number of thioether (sulfide) groups is 1. The van der Waals surface area contributed by atoms with Gasteiger partial charge in [-0.2, -0.15) is 0 Å². The summed E-state index contributed by atoms with van der Waals surface area (Å²) < 4.78 is 0.970. The first-order valence-corrected chi connectivity index (χ1v) is 7.38. The standard InChI is InChI=1S/C10H13N3OS2/c14-8(7-3-4-7)11-9-12-13-10(16-9)15-5-6-1-2-6/h6-7H,1-5H2,(H,11,12,14). The number of anilines is 1. The number of aromatic nitrogens is 2. The Labute approximate surface area is 102 Å². The first-order chi connectivity index (χ1) is 7.81. The minimum atomic E-state index is 0.106. The van der Waals surface area contributed by atoms with Crippen molar-refractivity contribution in [3.8, 4) is 0 Å². The molecule has 0 bridgehead atoms. The zero-order chi connectivity index (χ0) is 11.0. The monoisotopic (exact) mass is 255 g/mol. The number of rotatable bonds is 5. The summed E-state index contributed by atoms with van der Waals surface area (Å²) in [6, 6.07) is 0. The molecule has 1 amide bonds. The van der Waals surface area contributed by atoms with Gasteiger partial charge in [0.2, 0.25) is 11.0 Å². The molecule has 6 heteroatoms. The Kier molecular flexibility index (Phi) is 2.85. The van der Waals surface area contributed by atoms with Crippen molar-refractivity contribution in [2.45, 2.75) is 30.0 Å². The van der Waals surface area contributed by atoms with Crippen molar-refractivity contribution in [1.82, 2.24) is 10.2 Å². The van der Waals surface area contributed by atoms with Crippen LogP contribution in [0.4, 0.5) is 5.13 Å². The van der Waals surface area contributed by atoms with E-state index in [1.54, 1.807) is 11.8 Å². The van der Waals surface area contributed by atoms with Crippen LogP contribution < -0.4 is 5.32 Å². The smallest absolute Gasteiger partial charge is 0.229 e. The number of carbonyl (C=O) groups is 1. The molecule has 0 atom stereocenters. The Morgan fingerprint density at radius 1 is 1.38 bits per heavy atom. The first-order valence-electron chi connectivity index (χ1n) is 5.58. The van der Waals surface area contributed by atoms with Crippen LogP contribution in [-0.4, -0.2) is 21.9 Å². The summed E-state index contributed by atoms with van der Waals surface area (Å²) in [5.74, 6) is 2.37. The third kappa shape index (κ3) is 2.74. The van der Waals surface area contributed by atoms with Crippen LogP contribution in [-0.2, 0) is 4.79 Å². The van der Waals surface area contributed by atoms with Crippen molar-refractivity contribution in [2.75, 3.05) is 11.1 Å². The van der Waals surface area contributed by atoms with E-state index in [0.29, 0.717) is 5.13 Å². The molecule has 1 N–H and O–H groups in total. The second-order valence-electron chi connectivity index (χ2n) is 4.39. The van der Waals surface area contributed by atoms with Crippen LogP contribution in [0.25, 0.3) is 0 Å². The van der Waals surface area contributed by atoms with Crippen molar-refractivity contribution in [3.05, 3.63) is 0 Å². The van der Waals surface area contributed by atoms with Crippen molar-refractivity contribution in [2.24, 2.45) is 11.8 Å². The maximum absolute atomic E-state index is 11.5. The Bertz CT molecular complexity index is 399. The molecule has 1 aromatic heterocycles. The Hall–Kier alpha value is -0.620. The van der Waals surface area contributed by atoms with Crippen molar-refractivity contribution < 1.29 is 4.79 Å². The van der Waals surface area contributed by atoms with E-state index in [2.05, 4.69) is 15.5 Å². The van der Waals surface area contributed by atoms with Crippen molar-refractivity contribution in [1.29, 1.82) is 0 Å². The van der Waals surface area contributed by atoms with E-state index in [1.807, 2.05) is 0 Å². The fourth-order valence-electron chi connectivity index (χ4n) is 1.35. The Morgan fingerprint density at radius 3 is 2.88 bits per heavy atom. The molecule has 16 heavy (non-hydrogen) atoms. The van der Waals surface area contributed by atoms with Crippen LogP contribution in [0.5, 0.6) is 0 Å². The summed E-state index contributed by atoms with van der Waals surface area (Å²) in [5.41, 5.74) is 0. The molecule has 2 aliphatic carbocycles. The lowest BCUT2D eigenvalue weighted by atomic mass is 10.4. The molecule has 0 unspecified atom stereocenters. The molecule has 0 aromatic carbocycles. The summed E-state index contributed by atoms with van der Waals surface area (Å²) in [7, 11) is 0. The second kappa shape index (κ2) is 4.33. The van der Waals surface area contributed by atoms with E-state index in [9.17, 15) is 4.79 Å². The van der Waals surface area contributed by atoms with Gasteiger partial charge in [0.25, 0.3) is 0 Å². The molecule has 1 aromatic rings. The van der Waals surface area contributed by atoms with E-state index in [0.717, 1.165) is 28.9 Å². The second-order valence-corrected chi connectivity index (χ2v) is 6.64.